The van der Waals surface area contributed by atoms with E-state index in [1.807, 2.05) is 0 Å². The van der Waals surface area contributed by atoms with Gasteiger partial charge in [-0.25, -0.2) is 4.79 Å². The fraction of sp³-hybridized carbons (Fsp3) is 0.462. The lowest BCUT2D eigenvalue weighted by atomic mass is 9.88. The minimum atomic E-state index is -0.462. The number of amides is 2. The molecule has 0 heterocycles. The van der Waals surface area contributed by atoms with Crippen LogP contribution in [0, 0.1) is 0 Å². The Labute approximate surface area is 102 Å². The van der Waals surface area contributed by atoms with E-state index in [4.69, 9.17) is 5.73 Å². The van der Waals surface area contributed by atoms with Gasteiger partial charge < -0.3 is 16.4 Å². The Morgan fingerprint density at radius 3 is 3.00 bits per heavy atom. The van der Waals surface area contributed by atoms with Gasteiger partial charge in [0.15, 0.2) is 0 Å². The fourth-order valence-corrected chi connectivity index (χ4v) is 2.40. The van der Waals surface area contributed by atoms with Crippen molar-refractivity contribution in [2.45, 2.75) is 25.3 Å². The van der Waals surface area contributed by atoms with E-state index in [1.54, 1.807) is 0 Å². The Morgan fingerprint density at radius 2 is 2.18 bits per heavy atom. The number of carbonyl (C=O) groups excluding carboxylic acids is 1. The maximum atomic E-state index is 10.5. The normalized spacial score (nSPS) is 18.5. The van der Waals surface area contributed by atoms with Crippen molar-refractivity contribution in [3.8, 4) is 0 Å². The van der Waals surface area contributed by atoms with Gasteiger partial charge in [-0.2, -0.15) is 0 Å². The Kier molecular flexibility index (Phi) is 3.98. The van der Waals surface area contributed by atoms with Crippen molar-refractivity contribution < 1.29 is 4.79 Å². The van der Waals surface area contributed by atoms with Gasteiger partial charge in [0.25, 0.3) is 0 Å². The van der Waals surface area contributed by atoms with Crippen molar-refractivity contribution >= 4 is 6.03 Å². The van der Waals surface area contributed by atoms with Crippen LogP contribution in [0.5, 0.6) is 0 Å². The minimum Gasteiger partial charge on any atom is -0.352 e. The molecule has 2 rings (SSSR count). The van der Waals surface area contributed by atoms with Gasteiger partial charge in [-0.05, 0) is 30.4 Å². The topological polar surface area (TPSA) is 67.2 Å². The number of carbonyl (C=O) groups is 1. The summed E-state index contributed by atoms with van der Waals surface area (Å²) in [6, 6.07) is 8.51. The first-order chi connectivity index (χ1) is 8.27. The first-order valence-corrected chi connectivity index (χ1v) is 6.12. The molecule has 4 heteroatoms. The number of primary amides is 1. The zero-order valence-electron chi connectivity index (χ0n) is 9.91. The number of aryl methyl sites for hydroxylation is 1. The average Bonchev–Trinajstić information content (AvgIpc) is 2.34. The van der Waals surface area contributed by atoms with Gasteiger partial charge in [0.2, 0.25) is 0 Å². The molecule has 4 N–H and O–H groups in total. The summed E-state index contributed by atoms with van der Waals surface area (Å²) in [4.78, 5) is 10.5. The van der Waals surface area contributed by atoms with Gasteiger partial charge in [0, 0.05) is 19.1 Å². The number of hydrogen-bond donors (Lipinski definition) is 3. The lowest BCUT2D eigenvalue weighted by Crippen LogP contribution is -2.37. The number of urea groups is 1. The molecule has 0 bridgehead atoms. The van der Waals surface area contributed by atoms with Crippen molar-refractivity contribution in [2.24, 2.45) is 5.73 Å². The SMILES string of the molecule is NC(=O)NCCNC1CCCc2ccccc21. The third-order valence-corrected chi connectivity index (χ3v) is 3.18. The number of rotatable bonds is 4. The molecule has 4 nitrogen and oxygen atoms in total. The molecule has 1 aliphatic rings. The van der Waals surface area contributed by atoms with E-state index < -0.39 is 6.03 Å². The molecular weight excluding hydrogens is 214 g/mol. The molecule has 0 aromatic heterocycles. The van der Waals surface area contributed by atoms with E-state index in [9.17, 15) is 4.79 Å². The first kappa shape index (κ1) is 11.9. The van der Waals surface area contributed by atoms with Crippen molar-refractivity contribution in [2.75, 3.05) is 13.1 Å². The third-order valence-electron chi connectivity index (χ3n) is 3.18. The number of hydrogen-bond acceptors (Lipinski definition) is 2. The standard InChI is InChI=1S/C13H19N3O/c14-13(17)16-9-8-15-12-7-3-5-10-4-1-2-6-11(10)12/h1-2,4,6,12,15H,3,5,7-9H2,(H3,14,16,17). The van der Waals surface area contributed by atoms with Crippen molar-refractivity contribution in [1.29, 1.82) is 0 Å². The van der Waals surface area contributed by atoms with Crippen LogP contribution in [-0.2, 0) is 6.42 Å². The molecular formula is C13H19N3O. The van der Waals surface area contributed by atoms with Crippen LogP contribution in [0.2, 0.25) is 0 Å². The summed E-state index contributed by atoms with van der Waals surface area (Å²) in [5.74, 6) is 0. The summed E-state index contributed by atoms with van der Waals surface area (Å²) < 4.78 is 0. The molecule has 0 spiro atoms. The molecule has 1 aliphatic carbocycles. The molecule has 0 fully saturated rings. The lowest BCUT2D eigenvalue weighted by molar-refractivity contribution is 0.248. The minimum absolute atomic E-state index is 0.412. The Morgan fingerprint density at radius 1 is 1.35 bits per heavy atom. The van der Waals surface area contributed by atoms with E-state index >= 15 is 0 Å². The van der Waals surface area contributed by atoms with Crippen molar-refractivity contribution in [1.82, 2.24) is 10.6 Å². The molecule has 1 aromatic carbocycles. The zero-order chi connectivity index (χ0) is 12.1. The second-order valence-corrected chi connectivity index (χ2v) is 4.39. The largest absolute Gasteiger partial charge is 0.352 e. The Bertz CT molecular complexity index is 392. The van der Waals surface area contributed by atoms with E-state index in [0.717, 1.165) is 13.0 Å². The zero-order valence-corrected chi connectivity index (χ0v) is 9.91. The quantitative estimate of drug-likeness (QED) is 0.687. The number of fused-ring (bicyclic) bond motifs is 1. The Hall–Kier alpha value is -1.55. The van der Waals surface area contributed by atoms with Crippen molar-refractivity contribution in [3.05, 3.63) is 35.4 Å². The molecule has 0 aliphatic heterocycles. The molecule has 1 atom stereocenters. The number of benzene rings is 1. The van der Waals surface area contributed by atoms with E-state index in [0.29, 0.717) is 12.6 Å². The second kappa shape index (κ2) is 5.68. The summed E-state index contributed by atoms with van der Waals surface area (Å²) in [6.45, 7) is 1.33. The molecule has 92 valence electrons. The van der Waals surface area contributed by atoms with Gasteiger partial charge in [0.05, 0.1) is 0 Å². The van der Waals surface area contributed by atoms with Crippen LogP contribution in [0.25, 0.3) is 0 Å². The summed E-state index contributed by atoms with van der Waals surface area (Å²) in [7, 11) is 0. The van der Waals surface area contributed by atoms with Crippen LogP contribution in [-0.4, -0.2) is 19.1 Å². The third kappa shape index (κ3) is 3.20. The van der Waals surface area contributed by atoms with Gasteiger partial charge in [-0.1, -0.05) is 24.3 Å². The van der Waals surface area contributed by atoms with E-state index in [-0.39, 0.29) is 0 Å². The summed E-state index contributed by atoms with van der Waals surface area (Å²) in [6.07, 6.45) is 3.55. The summed E-state index contributed by atoms with van der Waals surface area (Å²) >= 11 is 0. The van der Waals surface area contributed by atoms with Crippen LogP contribution < -0.4 is 16.4 Å². The van der Waals surface area contributed by atoms with Crippen LogP contribution in [0.4, 0.5) is 4.79 Å². The maximum absolute atomic E-state index is 10.5. The van der Waals surface area contributed by atoms with Crippen LogP contribution in [0.3, 0.4) is 0 Å². The smallest absolute Gasteiger partial charge is 0.312 e. The summed E-state index contributed by atoms with van der Waals surface area (Å²) in [5, 5.41) is 6.05. The van der Waals surface area contributed by atoms with Crippen LogP contribution in [0.1, 0.15) is 30.0 Å². The first-order valence-electron chi connectivity index (χ1n) is 6.12. The highest BCUT2D eigenvalue weighted by Gasteiger charge is 2.18. The Balaban J connectivity index is 1.88. The highest BCUT2D eigenvalue weighted by Crippen LogP contribution is 2.28. The molecule has 0 radical (unpaired) electrons. The molecule has 1 aromatic rings. The molecule has 17 heavy (non-hydrogen) atoms. The predicted octanol–water partition coefficient (Wildman–Crippen LogP) is 1.32. The molecule has 0 saturated heterocycles. The monoisotopic (exact) mass is 233 g/mol. The van der Waals surface area contributed by atoms with Crippen LogP contribution in [0.15, 0.2) is 24.3 Å². The second-order valence-electron chi connectivity index (χ2n) is 4.39. The van der Waals surface area contributed by atoms with E-state index in [2.05, 4.69) is 34.9 Å². The molecule has 1 unspecified atom stereocenters. The summed E-state index contributed by atoms with van der Waals surface area (Å²) in [5.41, 5.74) is 7.85. The number of nitrogens with one attached hydrogen (secondary N) is 2. The van der Waals surface area contributed by atoms with Gasteiger partial charge in [0.1, 0.15) is 0 Å². The van der Waals surface area contributed by atoms with Gasteiger partial charge in [-0.15, -0.1) is 0 Å². The van der Waals surface area contributed by atoms with Crippen LogP contribution >= 0.6 is 0 Å². The van der Waals surface area contributed by atoms with Crippen molar-refractivity contribution in [3.63, 3.8) is 0 Å². The van der Waals surface area contributed by atoms with E-state index in [1.165, 1.54) is 24.0 Å². The lowest BCUT2D eigenvalue weighted by Gasteiger charge is -2.26. The number of nitrogens with two attached hydrogens (primary N) is 1. The highest BCUT2D eigenvalue weighted by molar-refractivity contribution is 5.71. The predicted molar refractivity (Wildman–Crippen MR) is 67.7 cm³/mol. The maximum Gasteiger partial charge on any atom is 0.312 e. The molecule has 0 saturated carbocycles. The fourth-order valence-electron chi connectivity index (χ4n) is 2.40. The average molecular weight is 233 g/mol. The molecule has 2 amide bonds. The van der Waals surface area contributed by atoms with Gasteiger partial charge in [-0.3, -0.25) is 0 Å². The van der Waals surface area contributed by atoms with Gasteiger partial charge >= 0.3 is 6.03 Å². The highest BCUT2D eigenvalue weighted by atomic mass is 16.2.